The van der Waals surface area contributed by atoms with E-state index in [1.165, 1.54) is 12.1 Å². The lowest BCUT2D eigenvalue weighted by molar-refractivity contribution is 0.0341. The van der Waals surface area contributed by atoms with Crippen LogP contribution < -0.4 is 9.46 Å². The van der Waals surface area contributed by atoms with Crippen LogP contribution >= 0.6 is 0 Å². The number of ether oxygens (including phenoxy) is 1. The molecule has 6 nitrogen and oxygen atoms in total. The van der Waals surface area contributed by atoms with Crippen LogP contribution in [0.5, 0.6) is 5.75 Å². The number of amides is 1. The Hall–Kier alpha value is -1.67. The van der Waals surface area contributed by atoms with Crippen molar-refractivity contribution in [3.05, 3.63) is 29.1 Å². The van der Waals surface area contributed by atoms with Crippen LogP contribution in [0.4, 0.5) is 4.39 Å². The second kappa shape index (κ2) is 7.63. The van der Waals surface area contributed by atoms with Crippen molar-refractivity contribution in [3.8, 4) is 5.75 Å². The van der Waals surface area contributed by atoms with E-state index in [-0.39, 0.29) is 23.1 Å². The Kier molecular flexibility index (Phi) is 5.74. The molecule has 8 heteroatoms. The third kappa shape index (κ3) is 5.23. The average molecular weight is 413 g/mol. The molecule has 1 saturated heterocycles. The summed E-state index contributed by atoms with van der Waals surface area (Å²) in [5.74, 6) is -1.03. The van der Waals surface area contributed by atoms with E-state index in [2.05, 4.69) is 25.7 Å². The molecule has 28 heavy (non-hydrogen) atoms. The molecule has 1 saturated carbocycles. The minimum atomic E-state index is -3.76. The van der Waals surface area contributed by atoms with E-state index in [4.69, 9.17) is 4.74 Å². The average Bonchev–Trinajstić information content (AvgIpc) is 3.37. The van der Waals surface area contributed by atoms with E-state index in [1.54, 1.807) is 0 Å². The number of nitrogens with one attached hydrogen (secondary N) is 1. The van der Waals surface area contributed by atoms with Gasteiger partial charge < -0.3 is 4.74 Å². The number of rotatable bonds is 5. The van der Waals surface area contributed by atoms with Crippen LogP contribution in [0.3, 0.4) is 0 Å². The van der Waals surface area contributed by atoms with Crippen LogP contribution in [-0.2, 0) is 10.0 Å². The van der Waals surface area contributed by atoms with E-state index in [0.717, 1.165) is 50.6 Å². The highest BCUT2D eigenvalue weighted by Gasteiger charge is 2.33. The van der Waals surface area contributed by atoms with Crippen molar-refractivity contribution in [2.24, 2.45) is 0 Å². The highest BCUT2D eigenvalue weighted by atomic mass is 32.2. The Morgan fingerprint density at radius 1 is 1.25 bits per heavy atom. The molecular formula is C20H29FN2O4S. The van der Waals surface area contributed by atoms with Crippen LogP contribution in [0.2, 0.25) is 0 Å². The Morgan fingerprint density at radius 3 is 2.50 bits per heavy atom. The van der Waals surface area contributed by atoms with E-state index < -0.39 is 21.7 Å². The number of hydrogen-bond donors (Lipinski definition) is 1. The molecule has 0 radical (unpaired) electrons. The van der Waals surface area contributed by atoms with Gasteiger partial charge in [0.25, 0.3) is 5.91 Å². The number of hydrogen-bond acceptors (Lipinski definition) is 5. The van der Waals surface area contributed by atoms with Gasteiger partial charge in [-0.15, -0.1) is 0 Å². The van der Waals surface area contributed by atoms with Gasteiger partial charge in [0.15, 0.2) is 0 Å². The molecule has 3 rings (SSSR count). The largest absolute Gasteiger partial charge is 0.489 e. The highest BCUT2D eigenvalue weighted by molar-refractivity contribution is 7.89. The maximum atomic E-state index is 14.6. The predicted octanol–water partition coefficient (Wildman–Crippen LogP) is 3.03. The number of nitrogens with zero attached hydrogens (tertiary/aromatic N) is 1. The molecule has 1 aliphatic heterocycles. The van der Waals surface area contributed by atoms with Crippen molar-refractivity contribution in [2.75, 3.05) is 19.3 Å². The Morgan fingerprint density at radius 2 is 1.93 bits per heavy atom. The van der Waals surface area contributed by atoms with Gasteiger partial charge in [-0.1, -0.05) is 0 Å². The van der Waals surface area contributed by atoms with Crippen LogP contribution in [0.15, 0.2) is 12.1 Å². The van der Waals surface area contributed by atoms with Gasteiger partial charge in [0.05, 0.1) is 11.8 Å². The smallest absolute Gasteiger partial charge is 0.267 e. The van der Waals surface area contributed by atoms with Gasteiger partial charge in [-0.05, 0) is 70.5 Å². The second-order valence-electron chi connectivity index (χ2n) is 8.85. The summed E-state index contributed by atoms with van der Waals surface area (Å²) in [6.45, 7) is 8.28. The SMILES string of the molecule is CC(C)(C)N1CCC[C@@H](Oc2cc(F)c(C(=O)NS(C)(=O)=O)cc2C2CC2)C1. The molecule has 2 aliphatic rings. The molecule has 0 spiro atoms. The van der Waals surface area contributed by atoms with Crippen molar-refractivity contribution in [1.82, 2.24) is 9.62 Å². The van der Waals surface area contributed by atoms with Gasteiger partial charge in [0.1, 0.15) is 17.7 Å². The summed E-state index contributed by atoms with van der Waals surface area (Å²) in [5.41, 5.74) is 0.563. The predicted molar refractivity (Wildman–Crippen MR) is 106 cm³/mol. The van der Waals surface area contributed by atoms with Crippen molar-refractivity contribution in [2.45, 2.75) is 64.0 Å². The monoisotopic (exact) mass is 412 g/mol. The van der Waals surface area contributed by atoms with Gasteiger partial charge in [-0.2, -0.15) is 0 Å². The van der Waals surface area contributed by atoms with Gasteiger partial charge >= 0.3 is 0 Å². The molecule has 1 N–H and O–H groups in total. The molecule has 0 aromatic heterocycles. The zero-order valence-electron chi connectivity index (χ0n) is 16.9. The second-order valence-corrected chi connectivity index (χ2v) is 10.6. The van der Waals surface area contributed by atoms with Gasteiger partial charge in [0.2, 0.25) is 10.0 Å². The Bertz CT molecular complexity index is 860. The fourth-order valence-corrected chi connectivity index (χ4v) is 4.05. The number of benzene rings is 1. The number of piperidine rings is 1. The number of carbonyl (C=O) groups excluding carboxylic acids is 1. The molecule has 1 amide bonds. The highest BCUT2D eigenvalue weighted by Crippen LogP contribution is 2.45. The Balaban J connectivity index is 1.83. The molecule has 1 heterocycles. The molecule has 0 bridgehead atoms. The third-order valence-corrected chi connectivity index (χ3v) is 5.82. The first-order valence-corrected chi connectivity index (χ1v) is 11.6. The fraction of sp³-hybridized carbons (Fsp3) is 0.650. The topological polar surface area (TPSA) is 75.7 Å². The van der Waals surface area contributed by atoms with Crippen LogP contribution in [0.1, 0.15) is 68.3 Å². The molecule has 0 unspecified atom stereocenters. The number of carbonyl (C=O) groups is 1. The molecule has 2 fully saturated rings. The Labute approximate surface area is 166 Å². The molecule has 1 atom stereocenters. The summed E-state index contributed by atoms with van der Waals surface area (Å²) in [7, 11) is -3.76. The summed E-state index contributed by atoms with van der Waals surface area (Å²) < 4.78 is 45.3. The van der Waals surface area contributed by atoms with Crippen LogP contribution in [0.25, 0.3) is 0 Å². The van der Waals surface area contributed by atoms with Gasteiger partial charge in [0, 0.05) is 18.2 Å². The summed E-state index contributed by atoms with van der Waals surface area (Å²) in [6, 6.07) is 2.69. The molecule has 1 aromatic carbocycles. The van der Waals surface area contributed by atoms with E-state index in [1.807, 2.05) is 4.72 Å². The summed E-state index contributed by atoms with van der Waals surface area (Å²) in [6.07, 6.45) is 4.64. The zero-order chi connectivity index (χ0) is 20.7. The molecule has 1 aliphatic carbocycles. The lowest BCUT2D eigenvalue weighted by atomic mass is 9.99. The normalized spacial score (nSPS) is 21.4. The first-order chi connectivity index (χ1) is 12.9. The first kappa shape index (κ1) is 21.0. The lowest BCUT2D eigenvalue weighted by Crippen LogP contribution is -2.50. The number of sulfonamides is 1. The van der Waals surface area contributed by atoms with E-state index >= 15 is 0 Å². The van der Waals surface area contributed by atoms with Crippen molar-refractivity contribution in [3.63, 3.8) is 0 Å². The fourth-order valence-electron chi connectivity index (χ4n) is 3.61. The zero-order valence-corrected chi connectivity index (χ0v) is 17.7. The van der Waals surface area contributed by atoms with Crippen LogP contribution in [0, 0.1) is 5.82 Å². The minimum Gasteiger partial charge on any atom is -0.489 e. The summed E-state index contributed by atoms with van der Waals surface area (Å²) in [4.78, 5) is 14.5. The quantitative estimate of drug-likeness (QED) is 0.805. The third-order valence-electron chi connectivity index (χ3n) is 5.26. The summed E-state index contributed by atoms with van der Waals surface area (Å²) in [5, 5.41) is 0. The number of likely N-dealkylation sites (tertiary alicyclic amines) is 1. The van der Waals surface area contributed by atoms with Gasteiger partial charge in [-0.25, -0.2) is 17.5 Å². The van der Waals surface area contributed by atoms with E-state index in [0.29, 0.717) is 5.75 Å². The van der Waals surface area contributed by atoms with Crippen molar-refractivity contribution >= 4 is 15.9 Å². The van der Waals surface area contributed by atoms with Crippen molar-refractivity contribution < 1.29 is 22.3 Å². The molecule has 156 valence electrons. The van der Waals surface area contributed by atoms with Gasteiger partial charge in [-0.3, -0.25) is 9.69 Å². The first-order valence-electron chi connectivity index (χ1n) is 9.71. The van der Waals surface area contributed by atoms with E-state index in [9.17, 15) is 17.6 Å². The van der Waals surface area contributed by atoms with Crippen molar-refractivity contribution in [1.29, 1.82) is 0 Å². The molecular weight excluding hydrogens is 383 g/mol. The number of halogens is 1. The maximum Gasteiger partial charge on any atom is 0.267 e. The molecule has 1 aromatic rings. The minimum absolute atomic E-state index is 0.0411. The maximum absolute atomic E-state index is 14.6. The summed E-state index contributed by atoms with van der Waals surface area (Å²) >= 11 is 0. The standard InChI is InChI=1S/C20H29FN2O4S/c1-20(2,3)23-9-5-6-14(12-23)27-18-11-17(21)16(10-15(18)13-7-8-13)19(24)22-28(4,25)26/h10-11,13-14H,5-9,12H2,1-4H3,(H,22,24)/t14-/m1/s1. The lowest BCUT2D eigenvalue weighted by Gasteiger charge is -2.41. The van der Waals surface area contributed by atoms with Crippen LogP contribution in [-0.4, -0.2) is 50.2 Å².